The van der Waals surface area contributed by atoms with Gasteiger partial charge in [0, 0.05) is 21.2 Å². The quantitative estimate of drug-likeness (QED) is 0.823. The van der Waals surface area contributed by atoms with Crippen molar-refractivity contribution in [3.05, 3.63) is 27.1 Å². The van der Waals surface area contributed by atoms with Crippen molar-refractivity contribution in [2.75, 3.05) is 17.7 Å². The number of benzene rings is 1. The largest absolute Gasteiger partial charge is 0.390 e. The van der Waals surface area contributed by atoms with E-state index in [-0.39, 0.29) is 5.88 Å². The highest BCUT2D eigenvalue weighted by molar-refractivity contribution is 9.11. The van der Waals surface area contributed by atoms with E-state index in [0.717, 1.165) is 14.6 Å². The third-order valence-electron chi connectivity index (χ3n) is 1.58. The first-order valence-corrected chi connectivity index (χ1v) is 6.18. The Morgan fingerprint density at radius 1 is 1.29 bits per heavy atom. The van der Waals surface area contributed by atoms with Gasteiger partial charge in [-0.05, 0) is 18.2 Å². The molecule has 5 heteroatoms. The Morgan fingerprint density at radius 2 is 1.86 bits per heavy atom. The van der Waals surface area contributed by atoms with Gasteiger partial charge in [-0.15, -0.1) is 11.6 Å². The third-order valence-corrected chi connectivity index (χ3v) is 2.85. The van der Waals surface area contributed by atoms with E-state index in [1.165, 1.54) is 0 Å². The molecule has 1 rings (SSSR count). The molecule has 0 bridgehead atoms. The zero-order chi connectivity index (χ0) is 10.6. The highest BCUT2D eigenvalue weighted by Gasteiger charge is 2.02. The topological polar surface area (TPSA) is 32.3 Å². The van der Waals surface area contributed by atoms with E-state index in [1.807, 2.05) is 18.2 Å². The van der Waals surface area contributed by atoms with Crippen LogP contribution in [0.3, 0.4) is 0 Å². The van der Waals surface area contributed by atoms with Crippen molar-refractivity contribution in [2.24, 2.45) is 0 Å². The van der Waals surface area contributed by atoms with Crippen LogP contribution in [0.2, 0.25) is 0 Å². The van der Waals surface area contributed by atoms with Gasteiger partial charge in [0.25, 0.3) is 0 Å². The highest BCUT2D eigenvalue weighted by atomic mass is 79.9. The van der Waals surface area contributed by atoms with Gasteiger partial charge in [0.1, 0.15) is 0 Å². The number of rotatable bonds is 4. The number of aliphatic hydroxyl groups excluding tert-OH is 1. The van der Waals surface area contributed by atoms with Gasteiger partial charge in [0.05, 0.1) is 12.0 Å². The van der Waals surface area contributed by atoms with Gasteiger partial charge in [0.15, 0.2) is 0 Å². The van der Waals surface area contributed by atoms with Crippen LogP contribution in [0.25, 0.3) is 0 Å². The summed E-state index contributed by atoms with van der Waals surface area (Å²) in [5.41, 5.74) is 0.940. The lowest BCUT2D eigenvalue weighted by Gasteiger charge is -2.10. The predicted octanol–water partition coefficient (Wildman–Crippen LogP) is 3.22. The number of aliphatic hydroxyl groups is 1. The first-order valence-electron chi connectivity index (χ1n) is 4.06. The van der Waals surface area contributed by atoms with Gasteiger partial charge in [-0.2, -0.15) is 0 Å². The third kappa shape index (κ3) is 4.17. The van der Waals surface area contributed by atoms with E-state index >= 15 is 0 Å². The molecule has 0 radical (unpaired) electrons. The number of hydrogen-bond acceptors (Lipinski definition) is 2. The summed E-state index contributed by atoms with van der Waals surface area (Å²) >= 11 is 12.2. The second kappa shape index (κ2) is 5.95. The lowest BCUT2D eigenvalue weighted by Crippen LogP contribution is -2.20. The molecule has 14 heavy (non-hydrogen) atoms. The molecule has 0 aromatic heterocycles. The molecule has 0 saturated carbocycles. The predicted molar refractivity (Wildman–Crippen MR) is 67.1 cm³/mol. The molecule has 0 saturated heterocycles. The summed E-state index contributed by atoms with van der Waals surface area (Å²) in [5.74, 6) is 0.238. The van der Waals surface area contributed by atoms with Crippen LogP contribution in [-0.2, 0) is 0 Å². The molecule has 1 unspecified atom stereocenters. The second-order valence-corrected chi connectivity index (χ2v) is 4.99. The maximum absolute atomic E-state index is 9.24. The van der Waals surface area contributed by atoms with Crippen molar-refractivity contribution in [1.29, 1.82) is 0 Å². The van der Waals surface area contributed by atoms with E-state index in [4.69, 9.17) is 11.6 Å². The van der Waals surface area contributed by atoms with Crippen molar-refractivity contribution < 1.29 is 5.11 Å². The fraction of sp³-hybridized carbons (Fsp3) is 0.333. The standard InChI is InChI=1S/C9H10Br2ClNO/c10-6-1-7(11)3-8(2-6)13-5-9(14)4-12/h1-3,9,13-14H,4-5H2. The van der Waals surface area contributed by atoms with Gasteiger partial charge in [-0.25, -0.2) is 0 Å². The molecule has 0 heterocycles. The molecule has 1 aromatic carbocycles. The first-order chi connectivity index (χ1) is 6.61. The zero-order valence-corrected chi connectivity index (χ0v) is 11.2. The lowest BCUT2D eigenvalue weighted by molar-refractivity contribution is 0.211. The van der Waals surface area contributed by atoms with Crippen LogP contribution in [0.15, 0.2) is 27.1 Å². The molecule has 2 nitrogen and oxygen atoms in total. The molecule has 2 N–H and O–H groups in total. The number of halogens is 3. The van der Waals surface area contributed by atoms with Gasteiger partial charge in [-0.3, -0.25) is 0 Å². The first kappa shape index (κ1) is 12.3. The lowest BCUT2D eigenvalue weighted by atomic mass is 10.3. The smallest absolute Gasteiger partial charge is 0.0847 e. The summed E-state index contributed by atoms with van der Waals surface area (Å²) in [6.07, 6.45) is -0.519. The van der Waals surface area contributed by atoms with Crippen molar-refractivity contribution in [1.82, 2.24) is 0 Å². The van der Waals surface area contributed by atoms with Crippen molar-refractivity contribution in [3.8, 4) is 0 Å². The van der Waals surface area contributed by atoms with E-state index in [9.17, 15) is 5.11 Å². The van der Waals surface area contributed by atoms with Crippen LogP contribution in [0.1, 0.15) is 0 Å². The molecule has 1 atom stereocenters. The van der Waals surface area contributed by atoms with Crippen LogP contribution in [0.5, 0.6) is 0 Å². The average molecular weight is 343 g/mol. The van der Waals surface area contributed by atoms with Crippen LogP contribution in [-0.4, -0.2) is 23.6 Å². The molecule has 0 aliphatic heterocycles. The number of anilines is 1. The zero-order valence-electron chi connectivity index (χ0n) is 7.30. The SMILES string of the molecule is OC(CCl)CNc1cc(Br)cc(Br)c1. The molecule has 0 aliphatic carbocycles. The molecule has 0 spiro atoms. The molecular weight excluding hydrogens is 333 g/mol. The van der Waals surface area contributed by atoms with Crippen LogP contribution < -0.4 is 5.32 Å². The van der Waals surface area contributed by atoms with Gasteiger partial charge >= 0.3 is 0 Å². The average Bonchev–Trinajstić information content (AvgIpc) is 2.12. The summed E-state index contributed by atoms with van der Waals surface area (Å²) < 4.78 is 1.96. The van der Waals surface area contributed by atoms with E-state index in [2.05, 4.69) is 37.2 Å². The Hall–Kier alpha value is 0.230. The number of nitrogens with one attached hydrogen (secondary N) is 1. The Balaban J connectivity index is 2.58. The molecular formula is C9H10Br2ClNO. The molecule has 0 fully saturated rings. The van der Waals surface area contributed by atoms with E-state index in [1.54, 1.807) is 0 Å². The Kier molecular flexibility index (Phi) is 5.23. The maximum Gasteiger partial charge on any atom is 0.0847 e. The normalized spacial score (nSPS) is 12.6. The van der Waals surface area contributed by atoms with Crippen molar-refractivity contribution >= 4 is 49.1 Å². The van der Waals surface area contributed by atoms with Crippen molar-refractivity contribution in [2.45, 2.75) is 6.10 Å². The van der Waals surface area contributed by atoms with E-state index in [0.29, 0.717) is 6.54 Å². The van der Waals surface area contributed by atoms with Gasteiger partial charge in [-0.1, -0.05) is 31.9 Å². The van der Waals surface area contributed by atoms with Crippen LogP contribution in [0.4, 0.5) is 5.69 Å². The fourth-order valence-electron chi connectivity index (χ4n) is 0.946. The Morgan fingerprint density at radius 3 is 2.36 bits per heavy atom. The minimum atomic E-state index is -0.519. The molecule has 78 valence electrons. The summed E-state index contributed by atoms with van der Waals surface area (Å²) in [4.78, 5) is 0. The monoisotopic (exact) mass is 341 g/mol. The summed E-state index contributed by atoms with van der Waals surface area (Å²) in [5, 5.41) is 12.3. The van der Waals surface area contributed by atoms with Crippen molar-refractivity contribution in [3.63, 3.8) is 0 Å². The molecule has 0 aliphatic rings. The summed E-state index contributed by atoms with van der Waals surface area (Å²) in [6, 6.07) is 5.82. The minimum absolute atomic E-state index is 0.238. The highest BCUT2D eigenvalue weighted by Crippen LogP contribution is 2.23. The maximum atomic E-state index is 9.24. The Bertz CT molecular complexity index is 289. The summed E-state index contributed by atoms with van der Waals surface area (Å²) in [6.45, 7) is 0.451. The molecule has 0 amide bonds. The minimum Gasteiger partial charge on any atom is -0.390 e. The summed E-state index contributed by atoms with van der Waals surface area (Å²) in [7, 11) is 0. The van der Waals surface area contributed by atoms with Gasteiger partial charge in [0.2, 0.25) is 0 Å². The van der Waals surface area contributed by atoms with Crippen LogP contribution >= 0.6 is 43.5 Å². The van der Waals surface area contributed by atoms with E-state index < -0.39 is 6.10 Å². The van der Waals surface area contributed by atoms with Gasteiger partial charge < -0.3 is 10.4 Å². The molecule has 1 aromatic rings. The Labute approximate surface area is 105 Å². The van der Waals surface area contributed by atoms with Crippen LogP contribution in [0, 0.1) is 0 Å². The number of alkyl halides is 1. The fourth-order valence-corrected chi connectivity index (χ4v) is 2.35. The second-order valence-electron chi connectivity index (χ2n) is 2.85. The number of hydrogen-bond donors (Lipinski definition) is 2.